The molecule has 0 fully saturated rings. The van der Waals surface area contributed by atoms with Crippen LogP contribution in [0.1, 0.15) is 26.3 Å². The van der Waals surface area contributed by atoms with Gasteiger partial charge in [0.25, 0.3) is 0 Å². The molecule has 0 aliphatic carbocycles. The van der Waals surface area contributed by atoms with E-state index >= 15 is 0 Å². The number of halogens is 1. The maximum atomic E-state index is 5.57. The summed E-state index contributed by atoms with van der Waals surface area (Å²) in [7, 11) is 2.15. The van der Waals surface area contributed by atoms with Gasteiger partial charge in [0.15, 0.2) is 0 Å². The van der Waals surface area contributed by atoms with E-state index in [-0.39, 0.29) is 0 Å². The first kappa shape index (κ1) is 14.5. The second-order valence-electron chi connectivity index (χ2n) is 4.92. The molecular formula is C14H23BrN2. The molecule has 0 spiro atoms. The van der Waals surface area contributed by atoms with Gasteiger partial charge >= 0.3 is 0 Å². The highest BCUT2D eigenvalue weighted by atomic mass is 79.9. The smallest absolute Gasteiger partial charge is 0.0510 e. The third-order valence-corrected chi connectivity index (χ3v) is 4.04. The van der Waals surface area contributed by atoms with Gasteiger partial charge in [0.1, 0.15) is 0 Å². The Bertz CT molecular complexity index is 363. The number of nitrogens with zero attached hydrogens (tertiary/aromatic N) is 1. The van der Waals surface area contributed by atoms with Crippen molar-refractivity contribution in [1.82, 2.24) is 0 Å². The van der Waals surface area contributed by atoms with E-state index in [4.69, 9.17) is 5.73 Å². The van der Waals surface area contributed by atoms with Crippen LogP contribution in [0.5, 0.6) is 0 Å². The fourth-order valence-corrected chi connectivity index (χ4v) is 2.53. The molecule has 96 valence electrons. The van der Waals surface area contributed by atoms with E-state index in [2.05, 4.69) is 66.8 Å². The molecule has 0 bridgehead atoms. The molecule has 1 rings (SSSR count). The van der Waals surface area contributed by atoms with Crippen molar-refractivity contribution in [3.05, 3.63) is 28.2 Å². The van der Waals surface area contributed by atoms with Crippen molar-refractivity contribution >= 4 is 21.6 Å². The molecule has 2 N–H and O–H groups in total. The summed E-state index contributed by atoms with van der Waals surface area (Å²) >= 11 is 3.65. The number of nitrogens with two attached hydrogens (primary N) is 1. The Balaban J connectivity index is 2.91. The molecule has 1 atom stereocenters. The number of anilines is 1. The van der Waals surface area contributed by atoms with Crippen LogP contribution in [0.3, 0.4) is 0 Å². The summed E-state index contributed by atoms with van der Waals surface area (Å²) in [6, 6.07) is 7.03. The predicted octanol–water partition coefficient (Wildman–Crippen LogP) is 3.43. The Hall–Kier alpha value is -0.540. The minimum atomic E-state index is 0.520. The Morgan fingerprint density at radius 3 is 2.41 bits per heavy atom. The molecule has 1 unspecified atom stereocenters. The van der Waals surface area contributed by atoms with Gasteiger partial charge in [-0.05, 0) is 59.4 Å². The predicted molar refractivity (Wildman–Crippen MR) is 79.6 cm³/mol. The van der Waals surface area contributed by atoms with E-state index in [9.17, 15) is 0 Å². The van der Waals surface area contributed by atoms with Gasteiger partial charge in [-0.1, -0.05) is 19.9 Å². The van der Waals surface area contributed by atoms with E-state index in [0.29, 0.717) is 18.5 Å². The Morgan fingerprint density at radius 1 is 1.29 bits per heavy atom. The van der Waals surface area contributed by atoms with Crippen molar-refractivity contribution in [3.8, 4) is 0 Å². The molecule has 17 heavy (non-hydrogen) atoms. The zero-order valence-corrected chi connectivity index (χ0v) is 12.8. The standard InChI is InChI=1S/C14H23BrN2/c1-10(2)11(3)17(4)14-6-5-12(7-8-16)9-13(14)15/h5-6,9-11H,7-8,16H2,1-4H3. The van der Waals surface area contributed by atoms with Gasteiger partial charge in [0.2, 0.25) is 0 Å². The van der Waals surface area contributed by atoms with E-state index < -0.39 is 0 Å². The van der Waals surface area contributed by atoms with Gasteiger partial charge in [-0.25, -0.2) is 0 Å². The molecule has 0 radical (unpaired) electrons. The van der Waals surface area contributed by atoms with Crippen molar-refractivity contribution in [2.75, 3.05) is 18.5 Å². The first-order valence-corrected chi connectivity index (χ1v) is 6.98. The summed E-state index contributed by atoms with van der Waals surface area (Å²) in [5.41, 5.74) is 8.10. The van der Waals surface area contributed by atoms with Crippen molar-refractivity contribution in [3.63, 3.8) is 0 Å². The highest BCUT2D eigenvalue weighted by Crippen LogP contribution is 2.29. The summed E-state index contributed by atoms with van der Waals surface area (Å²) in [5, 5.41) is 0. The Labute approximate surface area is 113 Å². The van der Waals surface area contributed by atoms with Crippen molar-refractivity contribution in [1.29, 1.82) is 0 Å². The third-order valence-electron chi connectivity index (χ3n) is 3.40. The molecular weight excluding hydrogens is 276 g/mol. The minimum absolute atomic E-state index is 0.520. The molecule has 0 saturated heterocycles. The summed E-state index contributed by atoms with van der Waals surface area (Å²) in [4.78, 5) is 2.32. The van der Waals surface area contributed by atoms with E-state index in [1.54, 1.807) is 0 Å². The van der Waals surface area contributed by atoms with Crippen molar-refractivity contribution in [2.24, 2.45) is 11.7 Å². The van der Waals surface area contributed by atoms with Crippen LogP contribution in [0.2, 0.25) is 0 Å². The molecule has 1 aromatic carbocycles. The van der Waals surface area contributed by atoms with Gasteiger partial charge < -0.3 is 10.6 Å². The lowest BCUT2D eigenvalue weighted by Gasteiger charge is -2.31. The van der Waals surface area contributed by atoms with Crippen LogP contribution >= 0.6 is 15.9 Å². The molecule has 0 aromatic heterocycles. The Kier molecular flexibility index (Phi) is 5.47. The van der Waals surface area contributed by atoms with E-state index in [1.165, 1.54) is 11.3 Å². The summed E-state index contributed by atoms with van der Waals surface area (Å²) in [6.45, 7) is 7.45. The summed E-state index contributed by atoms with van der Waals surface area (Å²) in [6.07, 6.45) is 0.933. The van der Waals surface area contributed by atoms with Gasteiger partial charge in [-0.15, -0.1) is 0 Å². The van der Waals surface area contributed by atoms with Gasteiger partial charge in [0.05, 0.1) is 5.69 Å². The maximum absolute atomic E-state index is 5.57. The van der Waals surface area contributed by atoms with Crippen LogP contribution in [-0.4, -0.2) is 19.6 Å². The Morgan fingerprint density at radius 2 is 1.94 bits per heavy atom. The molecule has 2 nitrogen and oxygen atoms in total. The van der Waals surface area contributed by atoms with Gasteiger partial charge in [-0.2, -0.15) is 0 Å². The monoisotopic (exact) mass is 298 g/mol. The average molecular weight is 299 g/mol. The first-order valence-electron chi connectivity index (χ1n) is 6.18. The molecule has 1 aromatic rings. The molecule has 0 amide bonds. The second kappa shape index (κ2) is 6.41. The van der Waals surface area contributed by atoms with Crippen LogP contribution in [-0.2, 0) is 6.42 Å². The SMILES string of the molecule is CC(C)C(C)N(C)c1ccc(CCN)cc1Br. The number of rotatable bonds is 5. The largest absolute Gasteiger partial charge is 0.371 e. The number of benzene rings is 1. The summed E-state index contributed by atoms with van der Waals surface area (Å²) < 4.78 is 1.15. The van der Waals surface area contributed by atoms with Crippen LogP contribution < -0.4 is 10.6 Å². The minimum Gasteiger partial charge on any atom is -0.371 e. The fraction of sp³-hybridized carbons (Fsp3) is 0.571. The van der Waals surface area contributed by atoms with Crippen LogP contribution in [0.25, 0.3) is 0 Å². The second-order valence-corrected chi connectivity index (χ2v) is 5.77. The quantitative estimate of drug-likeness (QED) is 0.902. The van der Waals surface area contributed by atoms with Crippen LogP contribution in [0.15, 0.2) is 22.7 Å². The van der Waals surface area contributed by atoms with Crippen molar-refractivity contribution < 1.29 is 0 Å². The van der Waals surface area contributed by atoms with Gasteiger partial charge in [0, 0.05) is 17.6 Å². The maximum Gasteiger partial charge on any atom is 0.0510 e. The molecule has 0 saturated carbocycles. The van der Waals surface area contributed by atoms with E-state index in [1.807, 2.05) is 0 Å². The van der Waals surface area contributed by atoms with Crippen LogP contribution in [0, 0.1) is 5.92 Å². The lowest BCUT2D eigenvalue weighted by Crippen LogP contribution is -2.33. The normalized spacial score (nSPS) is 12.9. The average Bonchev–Trinajstić information content (AvgIpc) is 2.27. The highest BCUT2D eigenvalue weighted by molar-refractivity contribution is 9.10. The zero-order chi connectivity index (χ0) is 13.0. The number of hydrogen-bond acceptors (Lipinski definition) is 2. The highest BCUT2D eigenvalue weighted by Gasteiger charge is 2.15. The number of hydrogen-bond donors (Lipinski definition) is 1. The molecule has 0 heterocycles. The lowest BCUT2D eigenvalue weighted by molar-refractivity contribution is 0.505. The summed E-state index contributed by atoms with van der Waals surface area (Å²) in [5.74, 6) is 0.635. The lowest BCUT2D eigenvalue weighted by atomic mass is 10.0. The molecule has 0 aliphatic heterocycles. The fourth-order valence-electron chi connectivity index (χ4n) is 1.83. The van der Waals surface area contributed by atoms with E-state index in [0.717, 1.165) is 10.9 Å². The van der Waals surface area contributed by atoms with Gasteiger partial charge in [-0.3, -0.25) is 0 Å². The first-order chi connectivity index (χ1) is 7.97. The topological polar surface area (TPSA) is 29.3 Å². The van der Waals surface area contributed by atoms with Crippen molar-refractivity contribution in [2.45, 2.75) is 33.2 Å². The molecule has 0 aliphatic rings. The molecule has 3 heteroatoms. The zero-order valence-electron chi connectivity index (χ0n) is 11.2. The van der Waals surface area contributed by atoms with Crippen LogP contribution in [0.4, 0.5) is 5.69 Å². The third kappa shape index (κ3) is 3.71.